The van der Waals surface area contributed by atoms with E-state index in [2.05, 4.69) is 15.5 Å². The second kappa shape index (κ2) is 6.89. The summed E-state index contributed by atoms with van der Waals surface area (Å²) in [7, 11) is 1.61. The quantitative estimate of drug-likeness (QED) is 0.535. The lowest BCUT2D eigenvalue weighted by atomic mass is 10.1. The molecule has 2 aromatic carbocycles. The van der Waals surface area contributed by atoms with Crippen LogP contribution in [-0.4, -0.2) is 29.3 Å². The van der Waals surface area contributed by atoms with Crippen molar-refractivity contribution in [3.8, 4) is 22.8 Å². The molecular weight excluding hydrogens is 390 g/mol. The van der Waals surface area contributed by atoms with E-state index in [0.29, 0.717) is 10.9 Å². The Morgan fingerprint density at radius 2 is 2.14 bits per heavy atom. The van der Waals surface area contributed by atoms with E-state index in [9.17, 15) is 4.79 Å². The fourth-order valence-corrected chi connectivity index (χ4v) is 4.23. The average Bonchev–Trinajstić information content (AvgIpc) is 3.43. The van der Waals surface area contributed by atoms with Gasteiger partial charge in [-0.2, -0.15) is 0 Å². The van der Waals surface area contributed by atoms with Crippen LogP contribution in [0.25, 0.3) is 21.5 Å². The zero-order chi connectivity index (χ0) is 20.0. The number of thiazole rings is 1. The SMILES string of the molecule is COc1ccc2nc(NC(=O)c3cc(-c4ccc5c(c4)C[C@H](C)O5)on3)sc2c1. The van der Waals surface area contributed by atoms with Crippen molar-refractivity contribution in [2.24, 2.45) is 0 Å². The third-order valence-corrected chi connectivity index (χ3v) is 5.67. The van der Waals surface area contributed by atoms with Crippen LogP contribution in [0.3, 0.4) is 0 Å². The number of anilines is 1. The third-order valence-electron chi connectivity index (χ3n) is 4.74. The summed E-state index contributed by atoms with van der Waals surface area (Å²) < 4.78 is 17.3. The van der Waals surface area contributed by atoms with E-state index in [1.807, 2.05) is 43.3 Å². The smallest absolute Gasteiger partial charge is 0.279 e. The van der Waals surface area contributed by atoms with Gasteiger partial charge in [-0.3, -0.25) is 10.1 Å². The second-order valence-corrected chi connectivity index (χ2v) is 7.87. The van der Waals surface area contributed by atoms with Crippen LogP contribution >= 0.6 is 11.3 Å². The summed E-state index contributed by atoms with van der Waals surface area (Å²) in [4.78, 5) is 17.0. The Kier molecular flexibility index (Phi) is 4.21. The summed E-state index contributed by atoms with van der Waals surface area (Å²) >= 11 is 1.37. The minimum Gasteiger partial charge on any atom is -0.497 e. The van der Waals surface area contributed by atoms with Crippen molar-refractivity contribution in [2.75, 3.05) is 12.4 Å². The Labute approximate surface area is 170 Å². The van der Waals surface area contributed by atoms with Crippen LogP contribution in [0.15, 0.2) is 47.0 Å². The largest absolute Gasteiger partial charge is 0.497 e. The highest BCUT2D eigenvalue weighted by Gasteiger charge is 2.21. The number of fused-ring (bicyclic) bond motifs is 2. The van der Waals surface area contributed by atoms with Crippen LogP contribution < -0.4 is 14.8 Å². The number of nitrogens with zero attached hydrogens (tertiary/aromatic N) is 2. The molecule has 0 unspecified atom stereocenters. The Morgan fingerprint density at radius 1 is 1.24 bits per heavy atom. The highest BCUT2D eigenvalue weighted by Crippen LogP contribution is 2.33. The van der Waals surface area contributed by atoms with Gasteiger partial charge in [0.1, 0.15) is 17.6 Å². The number of hydrogen-bond donors (Lipinski definition) is 1. The van der Waals surface area contributed by atoms with Crippen molar-refractivity contribution < 1.29 is 18.8 Å². The molecule has 8 heteroatoms. The molecule has 4 aromatic rings. The minimum absolute atomic E-state index is 0.171. The lowest BCUT2D eigenvalue weighted by Crippen LogP contribution is -2.11. The summed E-state index contributed by atoms with van der Waals surface area (Å²) in [5.74, 6) is 1.80. The van der Waals surface area contributed by atoms with Gasteiger partial charge in [0.2, 0.25) is 0 Å². The number of hydrogen-bond acceptors (Lipinski definition) is 7. The number of nitrogens with one attached hydrogen (secondary N) is 1. The Bertz CT molecular complexity index is 1230. The lowest BCUT2D eigenvalue weighted by Gasteiger charge is -2.02. The summed E-state index contributed by atoms with van der Waals surface area (Å²) in [5, 5.41) is 7.19. The molecule has 0 saturated carbocycles. The molecule has 7 nitrogen and oxygen atoms in total. The zero-order valence-electron chi connectivity index (χ0n) is 15.8. The fraction of sp³-hybridized carbons (Fsp3) is 0.190. The molecule has 0 bridgehead atoms. The first kappa shape index (κ1) is 17.7. The molecule has 2 aromatic heterocycles. The monoisotopic (exact) mass is 407 g/mol. The third kappa shape index (κ3) is 3.31. The Hall–Kier alpha value is -3.39. The van der Waals surface area contributed by atoms with Crippen LogP contribution in [0.2, 0.25) is 0 Å². The molecule has 1 N–H and O–H groups in total. The number of aromatic nitrogens is 2. The maximum atomic E-state index is 12.6. The highest BCUT2D eigenvalue weighted by atomic mass is 32.1. The van der Waals surface area contributed by atoms with Gasteiger partial charge in [0.05, 0.1) is 17.3 Å². The molecular formula is C21H17N3O4S. The van der Waals surface area contributed by atoms with Crippen molar-refractivity contribution in [1.29, 1.82) is 0 Å². The number of amides is 1. The maximum Gasteiger partial charge on any atom is 0.279 e. The first-order valence-electron chi connectivity index (χ1n) is 9.11. The highest BCUT2D eigenvalue weighted by molar-refractivity contribution is 7.22. The van der Waals surface area contributed by atoms with Crippen LogP contribution in [0, 0.1) is 0 Å². The number of rotatable bonds is 4. The molecule has 0 radical (unpaired) electrons. The lowest BCUT2D eigenvalue weighted by molar-refractivity contribution is 0.101. The van der Waals surface area contributed by atoms with Crippen molar-refractivity contribution in [3.63, 3.8) is 0 Å². The second-order valence-electron chi connectivity index (χ2n) is 6.84. The molecule has 1 amide bonds. The van der Waals surface area contributed by atoms with Gasteiger partial charge in [-0.25, -0.2) is 4.98 Å². The van der Waals surface area contributed by atoms with E-state index < -0.39 is 0 Å². The van der Waals surface area contributed by atoms with E-state index in [-0.39, 0.29) is 17.7 Å². The topological polar surface area (TPSA) is 86.5 Å². The molecule has 0 aliphatic carbocycles. The first-order chi connectivity index (χ1) is 14.1. The predicted molar refractivity (Wildman–Crippen MR) is 110 cm³/mol. The van der Waals surface area contributed by atoms with Crippen LogP contribution in [0.4, 0.5) is 5.13 Å². The molecule has 3 heterocycles. The van der Waals surface area contributed by atoms with Gasteiger partial charge in [-0.05, 0) is 48.9 Å². The maximum absolute atomic E-state index is 12.6. The molecule has 1 atom stereocenters. The summed E-state index contributed by atoms with van der Waals surface area (Å²) in [6, 6.07) is 13.0. The van der Waals surface area contributed by atoms with Gasteiger partial charge in [0.25, 0.3) is 5.91 Å². The zero-order valence-corrected chi connectivity index (χ0v) is 16.6. The van der Waals surface area contributed by atoms with E-state index >= 15 is 0 Å². The Balaban J connectivity index is 1.35. The van der Waals surface area contributed by atoms with E-state index in [0.717, 1.165) is 39.3 Å². The number of carbonyl (C=O) groups is 1. The number of benzene rings is 2. The molecule has 29 heavy (non-hydrogen) atoms. The van der Waals surface area contributed by atoms with Crippen molar-refractivity contribution in [1.82, 2.24) is 10.1 Å². The van der Waals surface area contributed by atoms with Crippen LogP contribution in [-0.2, 0) is 6.42 Å². The van der Waals surface area contributed by atoms with Gasteiger partial charge in [-0.15, -0.1) is 0 Å². The van der Waals surface area contributed by atoms with Gasteiger partial charge in [0.15, 0.2) is 16.6 Å². The van der Waals surface area contributed by atoms with Crippen molar-refractivity contribution in [2.45, 2.75) is 19.4 Å². The predicted octanol–water partition coefficient (Wildman–Crippen LogP) is 4.54. The molecule has 0 fully saturated rings. The normalized spacial score (nSPS) is 15.2. The van der Waals surface area contributed by atoms with Gasteiger partial charge in [-0.1, -0.05) is 16.5 Å². The van der Waals surface area contributed by atoms with Crippen LogP contribution in [0.5, 0.6) is 11.5 Å². The van der Waals surface area contributed by atoms with Crippen molar-refractivity contribution in [3.05, 3.63) is 53.7 Å². The fourth-order valence-electron chi connectivity index (χ4n) is 3.34. The van der Waals surface area contributed by atoms with Crippen molar-refractivity contribution >= 4 is 32.6 Å². The molecule has 0 saturated heterocycles. The van der Waals surface area contributed by atoms with Gasteiger partial charge >= 0.3 is 0 Å². The van der Waals surface area contributed by atoms with Crippen LogP contribution in [0.1, 0.15) is 23.0 Å². The van der Waals surface area contributed by atoms with Gasteiger partial charge in [0, 0.05) is 18.1 Å². The molecule has 0 spiro atoms. The summed E-state index contributed by atoms with van der Waals surface area (Å²) in [6.45, 7) is 2.04. The summed E-state index contributed by atoms with van der Waals surface area (Å²) in [5.41, 5.74) is 2.98. The summed E-state index contributed by atoms with van der Waals surface area (Å²) in [6.07, 6.45) is 1.03. The molecule has 1 aliphatic heterocycles. The van der Waals surface area contributed by atoms with E-state index in [4.69, 9.17) is 14.0 Å². The standard InChI is InChI=1S/C21H17N3O4S/c1-11-7-13-8-12(3-6-17(13)27-11)18-10-16(24-28-18)20(25)23-21-22-15-5-4-14(26-2)9-19(15)29-21/h3-6,8-11H,7H2,1-2H3,(H,22,23,25)/t11-/m0/s1. The first-order valence-corrected chi connectivity index (χ1v) is 9.93. The number of carbonyl (C=O) groups excluding carboxylic acids is 1. The minimum atomic E-state index is -0.371. The molecule has 1 aliphatic rings. The van der Waals surface area contributed by atoms with E-state index in [1.54, 1.807) is 13.2 Å². The average molecular weight is 407 g/mol. The van der Waals surface area contributed by atoms with Gasteiger partial charge < -0.3 is 14.0 Å². The number of methoxy groups -OCH3 is 1. The Morgan fingerprint density at radius 3 is 3.00 bits per heavy atom. The molecule has 5 rings (SSSR count). The van der Waals surface area contributed by atoms with E-state index in [1.165, 1.54) is 11.3 Å². The number of ether oxygens (including phenoxy) is 2. The molecule has 146 valence electrons.